The van der Waals surface area contributed by atoms with Crippen LogP contribution in [0.25, 0.3) is 0 Å². The van der Waals surface area contributed by atoms with Crippen molar-refractivity contribution in [1.29, 1.82) is 0 Å². The zero-order valence-electron chi connectivity index (χ0n) is 11.0. The van der Waals surface area contributed by atoms with Crippen molar-refractivity contribution >= 4 is 11.9 Å². The van der Waals surface area contributed by atoms with Crippen LogP contribution in [0.5, 0.6) is 0 Å². The van der Waals surface area contributed by atoms with Crippen LogP contribution in [0.4, 0.5) is 0 Å². The monoisotopic (exact) mass is 243 g/mol. The molecule has 0 aromatic heterocycles. The first-order chi connectivity index (χ1) is 8.10. The molecular formula is C11H25N5O. The molecule has 17 heavy (non-hydrogen) atoms. The summed E-state index contributed by atoms with van der Waals surface area (Å²) in [4.78, 5) is 15.4. The van der Waals surface area contributed by atoms with Crippen LogP contribution in [0.2, 0.25) is 0 Å². The molecule has 0 aliphatic rings. The van der Waals surface area contributed by atoms with Crippen LogP contribution in [-0.2, 0) is 4.79 Å². The molecule has 0 aliphatic carbocycles. The van der Waals surface area contributed by atoms with Gasteiger partial charge in [0, 0.05) is 13.1 Å². The molecule has 0 radical (unpaired) electrons. The number of carbonyl (C=O) groups is 1. The third-order valence-corrected chi connectivity index (χ3v) is 2.05. The summed E-state index contributed by atoms with van der Waals surface area (Å²) in [6.45, 7) is 7.75. The molecule has 0 aromatic carbocycles. The van der Waals surface area contributed by atoms with Crippen molar-refractivity contribution in [2.75, 3.05) is 19.6 Å². The lowest BCUT2D eigenvalue weighted by Crippen LogP contribution is -2.42. The van der Waals surface area contributed by atoms with Crippen LogP contribution in [-0.4, -0.2) is 31.5 Å². The quantitative estimate of drug-likeness (QED) is 0.166. The molecule has 6 nitrogen and oxygen atoms in total. The third-order valence-electron chi connectivity index (χ3n) is 2.05. The lowest BCUT2D eigenvalue weighted by Gasteiger charge is -2.09. The van der Waals surface area contributed by atoms with Gasteiger partial charge in [-0.2, -0.15) is 0 Å². The average molecular weight is 243 g/mol. The Labute approximate surface area is 103 Å². The van der Waals surface area contributed by atoms with Crippen molar-refractivity contribution < 1.29 is 4.79 Å². The van der Waals surface area contributed by atoms with Crippen LogP contribution < -0.4 is 21.9 Å². The van der Waals surface area contributed by atoms with Gasteiger partial charge in [0.2, 0.25) is 11.9 Å². The average Bonchev–Trinajstić information content (AvgIpc) is 2.31. The number of carbonyl (C=O) groups excluding carboxylic acids is 1. The Morgan fingerprint density at radius 2 is 2.06 bits per heavy atom. The summed E-state index contributed by atoms with van der Waals surface area (Å²) in [5.74, 6) is 6.09. The second-order valence-electron chi connectivity index (χ2n) is 4.29. The number of guanidine groups is 1. The molecule has 0 atom stereocenters. The maximum atomic E-state index is 11.4. The van der Waals surface area contributed by atoms with Gasteiger partial charge in [0.1, 0.15) is 6.54 Å². The minimum Gasteiger partial charge on any atom is -0.355 e. The van der Waals surface area contributed by atoms with Crippen molar-refractivity contribution in [3.63, 3.8) is 0 Å². The molecule has 0 aromatic rings. The molecule has 0 unspecified atom stereocenters. The van der Waals surface area contributed by atoms with E-state index in [1.54, 1.807) is 0 Å². The smallest absolute Gasteiger partial charge is 0.241 e. The van der Waals surface area contributed by atoms with Gasteiger partial charge in [-0.05, 0) is 12.3 Å². The Hall–Kier alpha value is -1.30. The van der Waals surface area contributed by atoms with Crippen LogP contribution in [0.1, 0.15) is 33.6 Å². The van der Waals surface area contributed by atoms with E-state index in [-0.39, 0.29) is 12.5 Å². The highest BCUT2D eigenvalue weighted by Gasteiger charge is 2.02. The fourth-order valence-corrected chi connectivity index (χ4v) is 1.06. The first-order valence-corrected chi connectivity index (χ1v) is 6.11. The summed E-state index contributed by atoms with van der Waals surface area (Å²) < 4.78 is 0. The molecule has 0 heterocycles. The fraction of sp³-hybridized carbons (Fsp3) is 0.818. The van der Waals surface area contributed by atoms with Crippen molar-refractivity contribution in [2.24, 2.45) is 16.8 Å². The van der Waals surface area contributed by atoms with E-state index in [9.17, 15) is 4.79 Å². The van der Waals surface area contributed by atoms with Crippen LogP contribution in [0.15, 0.2) is 4.99 Å². The number of amides is 1. The van der Waals surface area contributed by atoms with E-state index in [4.69, 9.17) is 5.84 Å². The Balaban J connectivity index is 3.87. The molecule has 100 valence electrons. The number of nitrogens with one attached hydrogen (secondary N) is 3. The lowest BCUT2D eigenvalue weighted by molar-refractivity contribution is -0.119. The Morgan fingerprint density at radius 1 is 1.35 bits per heavy atom. The number of hydrogen-bond acceptors (Lipinski definition) is 3. The third kappa shape index (κ3) is 9.62. The summed E-state index contributed by atoms with van der Waals surface area (Å²) in [7, 11) is 0. The molecule has 1 amide bonds. The lowest BCUT2D eigenvalue weighted by atomic mass is 10.2. The first kappa shape index (κ1) is 15.7. The second-order valence-corrected chi connectivity index (χ2v) is 4.29. The van der Waals surface area contributed by atoms with Crippen molar-refractivity contribution in [3.8, 4) is 0 Å². The highest BCUT2D eigenvalue weighted by Crippen LogP contribution is 1.87. The van der Waals surface area contributed by atoms with E-state index in [1.807, 2.05) is 13.8 Å². The van der Waals surface area contributed by atoms with Crippen molar-refractivity contribution in [2.45, 2.75) is 33.6 Å². The SMILES string of the molecule is CCCCNC(=NCC(=O)NCC(C)C)NN. The molecule has 0 fully saturated rings. The number of aliphatic imine (C=N–C) groups is 1. The van der Waals surface area contributed by atoms with E-state index in [0.29, 0.717) is 18.4 Å². The van der Waals surface area contributed by atoms with Gasteiger partial charge in [0.15, 0.2) is 0 Å². The van der Waals surface area contributed by atoms with E-state index in [0.717, 1.165) is 19.4 Å². The van der Waals surface area contributed by atoms with Gasteiger partial charge in [-0.15, -0.1) is 0 Å². The number of unbranched alkanes of at least 4 members (excludes halogenated alkanes) is 1. The molecule has 0 aliphatic heterocycles. The maximum absolute atomic E-state index is 11.4. The molecule has 0 saturated heterocycles. The van der Waals surface area contributed by atoms with Gasteiger partial charge >= 0.3 is 0 Å². The van der Waals surface area contributed by atoms with E-state index in [2.05, 4.69) is 28.0 Å². The van der Waals surface area contributed by atoms with Gasteiger partial charge in [0.25, 0.3) is 0 Å². The van der Waals surface area contributed by atoms with Crippen molar-refractivity contribution in [1.82, 2.24) is 16.1 Å². The summed E-state index contributed by atoms with van der Waals surface area (Å²) >= 11 is 0. The van der Waals surface area contributed by atoms with Gasteiger partial charge in [0.05, 0.1) is 0 Å². The van der Waals surface area contributed by atoms with Gasteiger partial charge < -0.3 is 10.6 Å². The van der Waals surface area contributed by atoms with Crippen LogP contribution in [0.3, 0.4) is 0 Å². The standard InChI is InChI=1S/C11H25N5O/c1-4-5-6-13-11(16-12)15-8-10(17)14-7-9(2)3/h9H,4-8,12H2,1-3H3,(H,14,17)(H2,13,15,16). The zero-order chi connectivity index (χ0) is 13.1. The Kier molecular flexibility index (Phi) is 9.14. The fourth-order valence-electron chi connectivity index (χ4n) is 1.06. The number of hydrogen-bond donors (Lipinski definition) is 4. The predicted octanol–water partition coefficient (Wildman–Crippen LogP) is -0.0324. The van der Waals surface area contributed by atoms with Gasteiger partial charge in [-0.1, -0.05) is 27.2 Å². The molecule has 0 saturated carbocycles. The van der Waals surface area contributed by atoms with Crippen molar-refractivity contribution in [3.05, 3.63) is 0 Å². The summed E-state index contributed by atoms with van der Waals surface area (Å²) in [6, 6.07) is 0. The number of hydrazine groups is 1. The number of nitrogens with two attached hydrogens (primary N) is 1. The topological polar surface area (TPSA) is 91.5 Å². The van der Waals surface area contributed by atoms with Gasteiger partial charge in [-0.3, -0.25) is 10.2 Å². The first-order valence-electron chi connectivity index (χ1n) is 6.11. The van der Waals surface area contributed by atoms with E-state index in [1.165, 1.54) is 0 Å². The largest absolute Gasteiger partial charge is 0.355 e. The predicted molar refractivity (Wildman–Crippen MR) is 70.4 cm³/mol. The van der Waals surface area contributed by atoms with Gasteiger partial charge in [-0.25, -0.2) is 10.8 Å². The molecular weight excluding hydrogens is 218 g/mol. The summed E-state index contributed by atoms with van der Waals surface area (Å²) in [6.07, 6.45) is 2.14. The highest BCUT2D eigenvalue weighted by atomic mass is 16.1. The summed E-state index contributed by atoms with van der Waals surface area (Å²) in [5, 5.41) is 5.81. The minimum absolute atomic E-state index is 0.0887. The normalized spacial score (nSPS) is 11.5. The zero-order valence-corrected chi connectivity index (χ0v) is 11.0. The van der Waals surface area contributed by atoms with E-state index < -0.39 is 0 Å². The maximum Gasteiger partial charge on any atom is 0.241 e. The highest BCUT2D eigenvalue weighted by molar-refractivity contribution is 5.84. The summed E-state index contributed by atoms with van der Waals surface area (Å²) in [5.41, 5.74) is 2.44. The van der Waals surface area contributed by atoms with E-state index >= 15 is 0 Å². The van der Waals surface area contributed by atoms with Crippen LogP contribution in [0, 0.1) is 5.92 Å². The minimum atomic E-state index is -0.0938. The molecule has 0 bridgehead atoms. The number of nitrogens with zero attached hydrogens (tertiary/aromatic N) is 1. The number of rotatable bonds is 7. The Bertz CT molecular complexity index is 240. The Morgan fingerprint density at radius 3 is 2.59 bits per heavy atom. The molecule has 0 spiro atoms. The molecule has 0 rings (SSSR count). The second kappa shape index (κ2) is 9.89. The molecule has 6 heteroatoms. The molecule has 5 N–H and O–H groups in total. The van der Waals surface area contributed by atoms with Crippen LogP contribution >= 0.6 is 0 Å².